The van der Waals surface area contributed by atoms with Crippen LogP contribution >= 0.6 is 0 Å². The highest BCUT2D eigenvalue weighted by Crippen LogP contribution is 2.35. The van der Waals surface area contributed by atoms with Crippen molar-refractivity contribution in [2.45, 2.75) is 26.1 Å². The summed E-state index contributed by atoms with van der Waals surface area (Å²) in [4.78, 5) is 35.5. The molecule has 1 aromatic heterocycles. The molecule has 0 spiro atoms. The van der Waals surface area contributed by atoms with Gasteiger partial charge in [0.25, 0.3) is 0 Å². The number of aliphatic hydroxyl groups is 1. The van der Waals surface area contributed by atoms with Crippen molar-refractivity contribution < 1.29 is 43.2 Å². The van der Waals surface area contributed by atoms with Gasteiger partial charge in [0.2, 0.25) is 0 Å². The number of rotatable bonds is 12. The monoisotopic (exact) mass is 578 g/mol. The first kappa shape index (κ1) is 29.7. The van der Waals surface area contributed by atoms with Crippen molar-refractivity contribution in [3.05, 3.63) is 82.8 Å². The molecule has 0 saturated heterocycles. The van der Waals surface area contributed by atoms with Crippen LogP contribution in [0.25, 0.3) is 11.3 Å². The van der Waals surface area contributed by atoms with Crippen LogP contribution in [0.5, 0.6) is 11.5 Å². The Balaban J connectivity index is 1.38. The second-order valence-electron chi connectivity index (χ2n) is 9.00. The number of amides is 2. The number of carbonyl (C=O) groups excluding carboxylic acids is 2. The molecule has 2 amide bonds. The molecule has 1 aliphatic heterocycles. The lowest BCUT2D eigenvalue weighted by Gasteiger charge is -2.28. The van der Waals surface area contributed by atoms with Gasteiger partial charge in [0.05, 0.1) is 37.1 Å². The molecule has 0 aliphatic carbocycles. The van der Waals surface area contributed by atoms with E-state index in [0.29, 0.717) is 46.5 Å². The molecule has 42 heavy (non-hydrogen) atoms. The second-order valence-corrected chi connectivity index (χ2v) is 9.00. The molecule has 2 aromatic carbocycles. The van der Waals surface area contributed by atoms with E-state index in [4.69, 9.17) is 23.7 Å². The predicted molar refractivity (Wildman–Crippen MR) is 150 cm³/mol. The number of carboxylic acids is 1. The molecular formula is C29H30N4O9. The third-order valence-electron chi connectivity index (χ3n) is 6.13. The Morgan fingerprint density at radius 1 is 1.12 bits per heavy atom. The molecule has 5 N–H and O–H groups in total. The van der Waals surface area contributed by atoms with Gasteiger partial charge in [-0.05, 0) is 55.8 Å². The van der Waals surface area contributed by atoms with E-state index in [-0.39, 0.29) is 17.7 Å². The highest BCUT2D eigenvalue weighted by Gasteiger charge is 2.32. The molecule has 4 rings (SSSR count). The van der Waals surface area contributed by atoms with Crippen molar-refractivity contribution in [1.29, 1.82) is 0 Å². The van der Waals surface area contributed by atoms with Crippen LogP contribution in [0, 0.1) is 0 Å². The van der Waals surface area contributed by atoms with Gasteiger partial charge in [-0.25, -0.2) is 14.4 Å². The van der Waals surface area contributed by atoms with E-state index in [1.165, 1.54) is 25.5 Å². The van der Waals surface area contributed by atoms with Crippen LogP contribution in [0.4, 0.5) is 4.79 Å². The number of ether oxygens (including phenoxy) is 3. The van der Waals surface area contributed by atoms with Crippen LogP contribution in [-0.4, -0.2) is 60.9 Å². The maximum absolute atomic E-state index is 12.4. The van der Waals surface area contributed by atoms with Crippen LogP contribution in [0.1, 0.15) is 41.6 Å². The predicted octanol–water partition coefficient (Wildman–Crippen LogP) is 3.17. The van der Waals surface area contributed by atoms with E-state index >= 15 is 0 Å². The fourth-order valence-electron chi connectivity index (χ4n) is 4.16. The number of aromatic carboxylic acids is 1. The summed E-state index contributed by atoms with van der Waals surface area (Å²) in [7, 11) is 1.26. The Kier molecular flexibility index (Phi) is 9.45. The number of urea groups is 1. The van der Waals surface area contributed by atoms with Gasteiger partial charge in [0, 0.05) is 11.3 Å². The minimum Gasteiger partial charge on any atom is -0.490 e. The van der Waals surface area contributed by atoms with Gasteiger partial charge >= 0.3 is 18.0 Å². The molecule has 0 unspecified atom stereocenters. The maximum Gasteiger partial charge on any atom is 0.337 e. The van der Waals surface area contributed by atoms with Crippen LogP contribution in [0.2, 0.25) is 0 Å². The van der Waals surface area contributed by atoms with E-state index in [1.54, 1.807) is 56.3 Å². The van der Waals surface area contributed by atoms with E-state index in [0.717, 1.165) is 0 Å². The molecule has 2 heterocycles. The molecule has 0 radical (unpaired) electrons. The van der Waals surface area contributed by atoms with Crippen LogP contribution in [0.15, 0.2) is 75.4 Å². The summed E-state index contributed by atoms with van der Waals surface area (Å²) in [6, 6.07) is 13.4. The number of aliphatic hydroxyl groups excluding tert-OH is 1. The van der Waals surface area contributed by atoms with Crippen molar-refractivity contribution in [1.82, 2.24) is 16.1 Å². The van der Waals surface area contributed by atoms with Crippen LogP contribution < -0.4 is 25.5 Å². The van der Waals surface area contributed by atoms with Crippen LogP contribution in [0.3, 0.4) is 0 Å². The number of benzene rings is 2. The number of nitrogens with zero attached hydrogens (tertiary/aromatic N) is 1. The normalized spacial score (nSPS) is 15.5. The second kappa shape index (κ2) is 13.4. The summed E-state index contributed by atoms with van der Waals surface area (Å²) in [6.45, 7) is 3.54. The van der Waals surface area contributed by atoms with Crippen molar-refractivity contribution in [2.75, 3.05) is 20.3 Å². The fourth-order valence-corrected chi connectivity index (χ4v) is 4.16. The van der Waals surface area contributed by atoms with Crippen molar-refractivity contribution >= 4 is 24.2 Å². The van der Waals surface area contributed by atoms with Gasteiger partial charge in [-0.15, -0.1) is 0 Å². The van der Waals surface area contributed by atoms with E-state index in [2.05, 4.69) is 21.2 Å². The van der Waals surface area contributed by atoms with Crippen molar-refractivity contribution in [2.24, 2.45) is 5.10 Å². The summed E-state index contributed by atoms with van der Waals surface area (Å²) < 4.78 is 22.0. The van der Waals surface area contributed by atoms with Gasteiger partial charge in [-0.1, -0.05) is 18.2 Å². The number of nitrogens with one attached hydrogen (secondary N) is 3. The number of carboxylic acid groups (broad SMARTS) is 1. The lowest BCUT2D eigenvalue weighted by Crippen LogP contribution is -2.45. The lowest BCUT2D eigenvalue weighted by atomic mass is 9.95. The maximum atomic E-state index is 12.4. The number of allylic oxidation sites excluding steroid dienone is 1. The molecule has 3 aromatic rings. The van der Waals surface area contributed by atoms with Gasteiger partial charge in [0.1, 0.15) is 18.1 Å². The Bertz CT molecular complexity index is 1510. The van der Waals surface area contributed by atoms with E-state index < -0.39 is 30.2 Å². The molecular weight excluding hydrogens is 548 g/mol. The molecule has 0 saturated carbocycles. The van der Waals surface area contributed by atoms with E-state index in [1.807, 2.05) is 0 Å². The largest absolute Gasteiger partial charge is 0.490 e. The van der Waals surface area contributed by atoms with Crippen molar-refractivity contribution in [3.63, 3.8) is 0 Å². The lowest BCUT2D eigenvalue weighted by molar-refractivity contribution is -0.136. The first-order valence-electron chi connectivity index (χ1n) is 12.9. The number of carbonyl (C=O) groups is 3. The molecule has 220 valence electrons. The summed E-state index contributed by atoms with van der Waals surface area (Å²) in [5, 5.41) is 28.6. The quantitative estimate of drug-likeness (QED) is 0.0927. The third-order valence-corrected chi connectivity index (χ3v) is 6.13. The topological polar surface area (TPSA) is 181 Å². The number of hydrogen-bond donors (Lipinski definition) is 5. The van der Waals surface area contributed by atoms with Gasteiger partial charge < -0.3 is 39.5 Å². The molecule has 13 nitrogen and oxygen atoms in total. The number of esters is 1. The van der Waals surface area contributed by atoms with Crippen LogP contribution in [-0.2, 0) is 9.53 Å². The average molecular weight is 579 g/mol. The Labute approximate surface area is 240 Å². The zero-order valence-electron chi connectivity index (χ0n) is 23.0. The summed E-state index contributed by atoms with van der Waals surface area (Å²) in [6.07, 6.45) is 0.189. The van der Waals surface area contributed by atoms with Gasteiger partial charge in [-0.2, -0.15) is 5.10 Å². The summed E-state index contributed by atoms with van der Waals surface area (Å²) in [5.74, 6) is 0.0106. The highest BCUT2D eigenvalue weighted by molar-refractivity contribution is 5.95. The first-order valence-corrected chi connectivity index (χ1v) is 12.9. The Morgan fingerprint density at radius 2 is 1.88 bits per heavy atom. The van der Waals surface area contributed by atoms with Crippen molar-refractivity contribution in [3.8, 4) is 22.8 Å². The molecule has 1 aliphatic rings. The SMILES string of the molecule is CCOc1cc([C@@H]2NC(=O)NC(C)=C2C(=O)OC)ccc1OC[C@@H](O)N/N=C\c1ccc(-c2ccc(C(=O)O)cc2)o1. The number of furan rings is 1. The fraction of sp³-hybridized carbons (Fsp3) is 0.241. The van der Waals surface area contributed by atoms with Gasteiger partial charge in [0.15, 0.2) is 17.7 Å². The Hall–Kier alpha value is -5.30. The average Bonchev–Trinajstić information content (AvgIpc) is 3.45. The molecule has 2 atom stereocenters. The third kappa shape index (κ3) is 7.06. The minimum absolute atomic E-state index is 0.173. The smallest absolute Gasteiger partial charge is 0.337 e. The Morgan fingerprint density at radius 3 is 2.57 bits per heavy atom. The summed E-state index contributed by atoms with van der Waals surface area (Å²) >= 11 is 0. The standard InChI is InChI=1S/C29H30N4O9/c1-4-40-23-13-19(26-25(28(37)39-3)16(2)31-29(38)32-26)9-11-22(23)41-15-24(34)33-30-14-20-10-12-21(42-20)17-5-7-18(8-6-17)27(35)36/h5-14,24,26,33-34H,4,15H2,1-3H3,(H,35,36)(H2,31,32,38)/b30-14-/t24-,26+/m1/s1. The highest BCUT2D eigenvalue weighted by atomic mass is 16.5. The number of hydrazone groups is 1. The zero-order valence-corrected chi connectivity index (χ0v) is 23.0. The molecule has 13 heteroatoms. The molecule has 0 bridgehead atoms. The zero-order chi connectivity index (χ0) is 30.2. The number of methoxy groups -OCH3 is 1. The molecule has 0 fully saturated rings. The number of hydrogen-bond acceptors (Lipinski definition) is 10. The van der Waals surface area contributed by atoms with E-state index in [9.17, 15) is 19.5 Å². The van der Waals surface area contributed by atoms with Gasteiger partial charge in [-0.3, -0.25) is 5.43 Å². The first-order chi connectivity index (χ1) is 20.2. The minimum atomic E-state index is -1.19. The summed E-state index contributed by atoms with van der Waals surface area (Å²) in [5.41, 5.74) is 4.62.